The standard InChI is InChI=1S/C75H119NO53/c1-75(2)32(76-64(107)63(75)106)9-20-5-7-21(8-6-20)110-65-43(97)34(88)60(30(18-85)112-65)129-74-62(109-4)51(105)61(31(19-86)120-74)128-73-50(104)41(95)59(29(17-84)119-73)127-72-49(103)40(94)58(28(16-83)118-72)126-71-48(102)39(93)57(27(15-82)117-71)125-70-47(101)38(92)56(26(14-81)116-70)124-69-46(100)37(91)55(25(13-80)115-69)123-68-45(99)36(90)54(24(12-79)114-68)122-67-44(98)35(89)53(23(11-78)113-67)121-66-42(96)33(87)52(108-3)22(10-77)111-66/h5-8,22-62,65-74,77-105H,9-19H2,1-4H3,(H,76,107). The van der Waals surface area contributed by atoms with Crippen LogP contribution in [0.4, 0.5) is 0 Å². The number of amides is 1. The van der Waals surface area contributed by atoms with Gasteiger partial charge in [-0.25, -0.2) is 0 Å². The van der Waals surface area contributed by atoms with Gasteiger partial charge in [-0.3, -0.25) is 9.59 Å². The van der Waals surface area contributed by atoms with Crippen molar-refractivity contribution in [3.05, 3.63) is 29.8 Å². The number of rotatable bonds is 34. The SMILES string of the molecule is COC1C(CO)OC(OC2C(CO)OC(OC3C(CO)OC(OC4C(CO)OC(OC5C(CO)OC(OC6C(CO)OC(OC7C(CO)OC(OC8C(CO)OC(OC9C(CO)OC(OC%10C(CO)OC(Oc%11ccc(CC%12NC(=O)C(=O)C%12(C)C)cc%11)C(O)C%10O)C(OC)C9O)C(O)C8O)C(O)C7O)C(O)C6O)C(O)C5O)C(O)C4O)C(O)C3O)C(O)C2O)C(O)C1O. The summed E-state index contributed by atoms with van der Waals surface area (Å²) in [5.74, 6) is -1.11. The van der Waals surface area contributed by atoms with Gasteiger partial charge in [0.05, 0.1) is 71.5 Å². The van der Waals surface area contributed by atoms with Crippen LogP contribution in [0.5, 0.6) is 5.75 Å². The molecule has 0 spiro atoms. The predicted octanol–water partition coefficient (Wildman–Crippen LogP) is -19.8. The van der Waals surface area contributed by atoms with Crippen molar-refractivity contribution in [2.75, 3.05) is 80.3 Å². The fourth-order valence-corrected chi connectivity index (χ4v) is 17.3. The molecule has 1 aromatic rings. The van der Waals surface area contributed by atoms with Gasteiger partial charge in [-0.1, -0.05) is 26.0 Å². The molecule has 0 aromatic heterocycles. The number of aliphatic hydroxyl groups is 29. The van der Waals surface area contributed by atoms with E-state index in [9.17, 15) is 158 Å². The summed E-state index contributed by atoms with van der Waals surface area (Å²) < 4.78 is 126. The number of carbonyl (C=O) groups is 2. The highest BCUT2D eigenvalue weighted by Crippen LogP contribution is 2.42. The number of benzene rings is 1. The summed E-state index contributed by atoms with van der Waals surface area (Å²) in [5.41, 5.74) is -0.266. The molecule has 54 heteroatoms. The number of ether oxygens (including phenoxy) is 22. The van der Waals surface area contributed by atoms with Crippen LogP contribution >= 0.6 is 0 Å². The largest absolute Gasteiger partial charge is 0.462 e. The molecule has 0 saturated carbocycles. The van der Waals surface area contributed by atoms with Gasteiger partial charge in [0.1, 0.15) is 250 Å². The van der Waals surface area contributed by atoms with E-state index in [0.717, 1.165) is 7.11 Å². The molecule has 11 aliphatic rings. The van der Waals surface area contributed by atoms with E-state index in [1.807, 2.05) is 0 Å². The lowest BCUT2D eigenvalue weighted by atomic mass is 9.81. The lowest BCUT2D eigenvalue weighted by molar-refractivity contribution is -0.401. The summed E-state index contributed by atoms with van der Waals surface area (Å²) >= 11 is 0. The lowest BCUT2D eigenvalue weighted by Gasteiger charge is -2.50. The van der Waals surface area contributed by atoms with Crippen LogP contribution in [-0.2, 0) is 115 Å². The minimum atomic E-state index is -2.33. The van der Waals surface area contributed by atoms with Crippen molar-refractivity contribution < 1.29 is 262 Å². The highest BCUT2D eigenvalue weighted by molar-refractivity contribution is 6.40. The molecule has 11 aliphatic heterocycles. The Kier molecular flexibility index (Phi) is 36.1. The third-order valence-corrected chi connectivity index (χ3v) is 24.9. The Morgan fingerprint density at radius 1 is 0.264 bits per heavy atom. The van der Waals surface area contributed by atoms with Crippen LogP contribution in [0.2, 0.25) is 0 Å². The molecule has 0 radical (unpaired) electrons. The first-order valence-corrected chi connectivity index (χ1v) is 41.5. The van der Waals surface area contributed by atoms with Crippen molar-refractivity contribution in [2.45, 2.75) is 333 Å². The first-order valence-electron chi connectivity index (χ1n) is 41.5. The quantitative estimate of drug-likeness (QED) is 0.0285. The second-order valence-corrected chi connectivity index (χ2v) is 33.4. The summed E-state index contributed by atoms with van der Waals surface area (Å²) in [7, 11) is 2.25. The minimum Gasteiger partial charge on any atom is -0.462 e. The monoisotopic (exact) mass is 1880 g/mol. The summed E-state index contributed by atoms with van der Waals surface area (Å²) in [6.07, 6.45) is -97.5. The highest BCUT2D eigenvalue weighted by atomic mass is 16.8. The smallest absolute Gasteiger partial charge is 0.288 e. The number of Topliss-reactive ketones (excluding diaryl/α,β-unsaturated/α-hetero) is 1. The number of aliphatic hydroxyl groups excluding tert-OH is 29. The van der Waals surface area contributed by atoms with Crippen LogP contribution in [0, 0.1) is 5.41 Å². The maximum atomic E-state index is 12.4. The molecule has 0 bridgehead atoms. The molecule has 1 amide bonds. The molecule has 11 fully saturated rings. The van der Waals surface area contributed by atoms with Gasteiger partial charge >= 0.3 is 0 Å². The van der Waals surface area contributed by atoms with Crippen molar-refractivity contribution in [3.8, 4) is 5.75 Å². The molecule has 30 N–H and O–H groups in total. The van der Waals surface area contributed by atoms with Crippen molar-refractivity contribution in [1.82, 2.24) is 5.32 Å². The average molecular weight is 1880 g/mol. The number of hydrogen-bond donors (Lipinski definition) is 30. The van der Waals surface area contributed by atoms with Crippen LogP contribution < -0.4 is 10.1 Å². The van der Waals surface area contributed by atoms with Crippen molar-refractivity contribution in [2.24, 2.45) is 5.41 Å². The third-order valence-electron chi connectivity index (χ3n) is 24.9. The number of hydrogen-bond acceptors (Lipinski definition) is 53. The van der Waals surface area contributed by atoms with Crippen molar-refractivity contribution >= 4 is 11.7 Å². The maximum absolute atomic E-state index is 12.4. The van der Waals surface area contributed by atoms with E-state index < -0.39 is 396 Å². The number of nitrogens with one attached hydrogen (secondary N) is 1. The summed E-state index contributed by atoms with van der Waals surface area (Å²) in [6.45, 7) is -7.00. The zero-order valence-electron chi connectivity index (χ0n) is 69.3. The molecule has 11 heterocycles. The molecule has 129 heavy (non-hydrogen) atoms. The van der Waals surface area contributed by atoms with Gasteiger partial charge in [0.15, 0.2) is 56.6 Å². The highest BCUT2D eigenvalue weighted by Gasteiger charge is 2.62. The molecule has 54 nitrogen and oxygen atoms in total. The zero-order valence-corrected chi connectivity index (χ0v) is 69.3. The van der Waals surface area contributed by atoms with Gasteiger partial charge in [-0.05, 0) is 24.1 Å². The van der Waals surface area contributed by atoms with E-state index in [-0.39, 0.29) is 12.2 Å². The van der Waals surface area contributed by atoms with Crippen molar-refractivity contribution in [1.29, 1.82) is 0 Å². The van der Waals surface area contributed by atoms with Gasteiger partial charge in [-0.15, -0.1) is 0 Å². The Balaban J connectivity index is 0.605. The first kappa shape index (κ1) is 104. The zero-order chi connectivity index (χ0) is 94.1. The van der Waals surface area contributed by atoms with Crippen LogP contribution in [0.1, 0.15) is 19.4 Å². The average Bonchev–Trinajstić information content (AvgIpc) is 1.59. The van der Waals surface area contributed by atoms with Gasteiger partial charge in [0.2, 0.25) is 12.1 Å². The Bertz CT molecular complexity index is 3620. The van der Waals surface area contributed by atoms with Crippen LogP contribution in [-0.4, -0.2) is 553 Å². The fraction of sp³-hybridized carbons (Fsp3) is 0.893. The predicted molar refractivity (Wildman–Crippen MR) is 399 cm³/mol. The van der Waals surface area contributed by atoms with E-state index in [2.05, 4.69) is 5.32 Å². The molecule has 51 atom stereocenters. The molecule has 12 rings (SSSR count). The van der Waals surface area contributed by atoms with E-state index in [0.29, 0.717) is 5.56 Å². The van der Waals surface area contributed by atoms with Crippen molar-refractivity contribution in [3.63, 3.8) is 0 Å². The van der Waals surface area contributed by atoms with E-state index in [1.54, 1.807) is 26.0 Å². The number of methoxy groups -OCH3 is 2. The normalized spacial score (nSPS) is 49.4. The minimum absolute atomic E-state index is 0.132. The summed E-state index contributed by atoms with van der Waals surface area (Å²) in [4.78, 5) is 24.4. The van der Waals surface area contributed by atoms with E-state index in [1.165, 1.54) is 19.2 Å². The van der Waals surface area contributed by atoms with E-state index in [4.69, 9.17) is 104 Å². The second-order valence-electron chi connectivity index (χ2n) is 33.4. The lowest BCUT2D eigenvalue weighted by Crippen LogP contribution is -2.68. The summed E-state index contributed by atoms with van der Waals surface area (Å²) in [5, 5.41) is 324. The molecule has 0 aliphatic carbocycles. The van der Waals surface area contributed by atoms with Gasteiger partial charge in [0, 0.05) is 20.3 Å². The topological polar surface area (TPSA) is 836 Å². The fourth-order valence-electron chi connectivity index (χ4n) is 17.3. The van der Waals surface area contributed by atoms with Crippen LogP contribution in [0.15, 0.2) is 24.3 Å². The maximum Gasteiger partial charge on any atom is 0.288 e. The molecule has 51 unspecified atom stereocenters. The summed E-state index contributed by atoms with van der Waals surface area (Å²) in [6, 6.07) is 5.78. The van der Waals surface area contributed by atoms with E-state index >= 15 is 0 Å². The molecule has 742 valence electrons. The van der Waals surface area contributed by atoms with Gasteiger partial charge in [-0.2, -0.15) is 0 Å². The second kappa shape index (κ2) is 44.7. The Hall–Kier alpha value is -3.84. The Labute approximate surface area is 731 Å². The molecule has 11 saturated heterocycles. The third kappa shape index (κ3) is 21.4. The number of carbonyl (C=O) groups excluding carboxylic acids is 2. The molecule has 1 aromatic carbocycles. The van der Waals surface area contributed by atoms with Crippen LogP contribution in [0.3, 0.4) is 0 Å². The molecular weight excluding hydrogens is 1760 g/mol. The van der Waals surface area contributed by atoms with Gasteiger partial charge in [0.25, 0.3) is 5.91 Å². The Morgan fingerprint density at radius 2 is 0.457 bits per heavy atom. The first-order chi connectivity index (χ1) is 61.3. The van der Waals surface area contributed by atoms with Crippen LogP contribution in [0.25, 0.3) is 0 Å². The Morgan fingerprint density at radius 3 is 0.674 bits per heavy atom. The molecular formula is C75H119NO53. The number of ketones is 1. The van der Waals surface area contributed by atoms with Gasteiger partial charge < -0.3 is 258 Å².